The largest absolute Gasteiger partial charge is 0.467 e. The van der Waals surface area contributed by atoms with Crippen LogP contribution in [0.2, 0.25) is 0 Å². The lowest BCUT2D eigenvalue weighted by atomic mass is 10.1. The fourth-order valence-electron chi connectivity index (χ4n) is 3.47. The van der Waals surface area contributed by atoms with Crippen molar-refractivity contribution in [2.75, 3.05) is 19.7 Å². The van der Waals surface area contributed by atoms with Gasteiger partial charge in [0.2, 0.25) is 5.91 Å². The molecule has 0 N–H and O–H groups in total. The van der Waals surface area contributed by atoms with E-state index < -0.39 is 23.7 Å². The van der Waals surface area contributed by atoms with Gasteiger partial charge in [-0.25, -0.2) is 0 Å². The van der Waals surface area contributed by atoms with Gasteiger partial charge in [0.25, 0.3) is 11.8 Å². The monoisotopic (exact) mass is 382 g/mol. The molecule has 2 aliphatic rings. The molecule has 3 amide bonds. The van der Waals surface area contributed by atoms with Gasteiger partial charge in [0.15, 0.2) is 0 Å². The molecule has 0 bridgehead atoms. The zero-order chi connectivity index (χ0) is 19.7. The molecule has 3 heterocycles. The zero-order valence-electron chi connectivity index (χ0n) is 15.0. The van der Waals surface area contributed by atoms with Crippen LogP contribution in [0.15, 0.2) is 47.1 Å². The van der Waals surface area contributed by atoms with Crippen LogP contribution in [0.4, 0.5) is 0 Å². The van der Waals surface area contributed by atoms with Gasteiger partial charge in [-0.3, -0.25) is 24.1 Å². The number of carbonyl (C=O) groups excluding carboxylic acids is 4. The second kappa shape index (κ2) is 7.30. The van der Waals surface area contributed by atoms with Crippen molar-refractivity contribution in [2.24, 2.45) is 5.92 Å². The van der Waals surface area contributed by atoms with E-state index in [-0.39, 0.29) is 32.0 Å². The van der Waals surface area contributed by atoms with Crippen molar-refractivity contribution < 1.29 is 28.3 Å². The standard InChI is InChI=1S/C20H18N2O6/c23-17-10-13(11-21(17)12-14-4-3-8-27-14)20(26)28-9-7-22-18(24)15-5-1-2-6-16(15)19(22)25/h1-6,8,13H,7,9-12H2/t13-/m1/s1. The third kappa shape index (κ3) is 3.28. The number of fused-ring (bicyclic) bond motifs is 1. The van der Waals surface area contributed by atoms with E-state index in [1.807, 2.05) is 0 Å². The third-order valence-electron chi connectivity index (χ3n) is 4.91. The Kier molecular flexibility index (Phi) is 4.68. The normalized spacial score (nSPS) is 18.7. The second-order valence-corrected chi connectivity index (χ2v) is 6.73. The summed E-state index contributed by atoms with van der Waals surface area (Å²) in [7, 11) is 0. The molecule has 1 aromatic heterocycles. The summed E-state index contributed by atoms with van der Waals surface area (Å²) in [6.07, 6.45) is 1.60. The Morgan fingerprint density at radius 1 is 1.07 bits per heavy atom. The predicted molar refractivity (Wildman–Crippen MR) is 95.0 cm³/mol. The number of ether oxygens (including phenoxy) is 1. The second-order valence-electron chi connectivity index (χ2n) is 6.73. The van der Waals surface area contributed by atoms with Crippen LogP contribution >= 0.6 is 0 Å². The predicted octanol–water partition coefficient (Wildman–Crippen LogP) is 1.47. The molecule has 0 unspecified atom stereocenters. The van der Waals surface area contributed by atoms with Gasteiger partial charge in [0.1, 0.15) is 12.4 Å². The van der Waals surface area contributed by atoms with Crippen LogP contribution in [0.25, 0.3) is 0 Å². The Bertz CT molecular complexity index is 901. The van der Waals surface area contributed by atoms with Crippen LogP contribution in [0, 0.1) is 5.92 Å². The minimum atomic E-state index is -0.565. The lowest BCUT2D eigenvalue weighted by Crippen LogP contribution is -2.34. The van der Waals surface area contributed by atoms with E-state index in [2.05, 4.69) is 0 Å². The van der Waals surface area contributed by atoms with Crippen molar-refractivity contribution in [3.05, 3.63) is 59.5 Å². The Balaban J connectivity index is 1.28. The van der Waals surface area contributed by atoms with Crippen LogP contribution in [-0.2, 0) is 20.9 Å². The van der Waals surface area contributed by atoms with E-state index in [0.717, 1.165) is 4.90 Å². The fourth-order valence-corrected chi connectivity index (χ4v) is 3.47. The minimum absolute atomic E-state index is 0.0190. The molecule has 0 aliphatic carbocycles. The first-order valence-electron chi connectivity index (χ1n) is 8.96. The topological polar surface area (TPSA) is 97.1 Å². The molecule has 8 nitrogen and oxygen atoms in total. The van der Waals surface area contributed by atoms with Gasteiger partial charge in [0, 0.05) is 13.0 Å². The van der Waals surface area contributed by atoms with Crippen molar-refractivity contribution >= 4 is 23.7 Å². The summed E-state index contributed by atoms with van der Waals surface area (Å²) in [6, 6.07) is 10.1. The molecule has 1 saturated heterocycles. The molecule has 144 valence electrons. The van der Waals surface area contributed by atoms with Crippen LogP contribution in [0.5, 0.6) is 0 Å². The number of hydrogen-bond donors (Lipinski definition) is 0. The van der Waals surface area contributed by atoms with Crippen molar-refractivity contribution in [1.29, 1.82) is 0 Å². The summed E-state index contributed by atoms with van der Waals surface area (Å²) in [5.41, 5.74) is 0.711. The average Bonchev–Trinajstić information content (AvgIpc) is 3.39. The summed E-state index contributed by atoms with van der Waals surface area (Å²) < 4.78 is 10.5. The van der Waals surface area contributed by atoms with E-state index in [1.165, 1.54) is 6.26 Å². The summed E-state index contributed by atoms with van der Waals surface area (Å²) in [4.78, 5) is 51.6. The number of hydrogen-bond acceptors (Lipinski definition) is 6. The van der Waals surface area contributed by atoms with Gasteiger partial charge in [-0.1, -0.05) is 12.1 Å². The first kappa shape index (κ1) is 18.0. The highest BCUT2D eigenvalue weighted by Gasteiger charge is 2.37. The van der Waals surface area contributed by atoms with Gasteiger partial charge in [-0.2, -0.15) is 0 Å². The molecule has 1 fully saturated rings. The van der Waals surface area contributed by atoms with Gasteiger partial charge >= 0.3 is 5.97 Å². The number of esters is 1. The van der Waals surface area contributed by atoms with E-state index in [4.69, 9.17) is 9.15 Å². The van der Waals surface area contributed by atoms with Gasteiger partial charge in [-0.15, -0.1) is 0 Å². The molecular weight excluding hydrogens is 364 g/mol. The number of imide groups is 1. The number of carbonyl (C=O) groups is 4. The van der Waals surface area contributed by atoms with Crippen molar-refractivity contribution in [3.8, 4) is 0 Å². The molecule has 4 rings (SSSR count). The van der Waals surface area contributed by atoms with Crippen LogP contribution in [-0.4, -0.2) is 53.2 Å². The minimum Gasteiger partial charge on any atom is -0.467 e. The maximum Gasteiger partial charge on any atom is 0.311 e. The lowest BCUT2D eigenvalue weighted by molar-refractivity contribution is -0.148. The molecule has 0 saturated carbocycles. The summed E-state index contributed by atoms with van der Waals surface area (Å²) in [5, 5.41) is 0. The highest BCUT2D eigenvalue weighted by atomic mass is 16.5. The molecule has 8 heteroatoms. The maximum atomic E-state index is 12.3. The van der Waals surface area contributed by atoms with Gasteiger partial charge in [-0.05, 0) is 24.3 Å². The highest BCUT2D eigenvalue weighted by molar-refractivity contribution is 6.21. The van der Waals surface area contributed by atoms with Crippen LogP contribution < -0.4 is 0 Å². The maximum absolute atomic E-state index is 12.3. The Morgan fingerprint density at radius 3 is 2.43 bits per heavy atom. The molecule has 2 aromatic rings. The number of likely N-dealkylation sites (tertiary alicyclic amines) is 1. The van der Waals surface area contributed by atoms with Gasteiger partial charge in [0.05, 0.1) is 36.4 Å². The number of furan rings is 1. The highest BCUT2D eigenvalue weighted by Crippen LogP contribution is 2.23. The first-order valence-corrected chi connectivity index (χ1v) is 8.96. The summed E-state index contributed by atoms with van der Waals surface area (Å²) in [6.45, 7) is 0.443. The molecule has 0 spiro atoms. The number of benzene rings is 1. The Morgan fingerprint density at radius 2 is 1.79 bits per heavy atom. The van der Waals surface area contributed by atoms with E-state index in [0.29, 0.717) is 23.4 Å². The number of amides is 3. The lowest BCUT2D eigenvalue weighted by Gasteiger charge is -2.16. The summed E-state index contributed by atoms with van der Waals surface area (Å²) >= 11 is 0. The molecule has 2 aliphatic heterocycles. The molecular formula is C20H18N2O6. The molecule has 1 atom stereocenters. The van der Waals surface area contributed by atoms with Gasteiger partial charge < -0.3 is 14.1 Å². The quantitative estimate of drug-likeness (QED) is 0.554. The van der Waals surface area contributed by atoms with Crippen LogP contribution in [0.3, 0.4) is 0 Å². The summed E-state index contributed by atoms with van der Waals surface area (Å²) in [5.74, 6) is -1.35. The van der Waals surface area contributed by atoms with Crippen molar-refractivity contribution in [1.82, 2.24) is 9.80 Å². The van der Waals surface area contributed by atoms with Crippen LogP contribution in [0.1, 0.15) is 32.9 Å². The third-order valence-corrected chi connectivity index (χ3v) is 4.91. The number of nitrogens with zero attached hydrogens (tertiary/aromatic N) is 2. The van der Waals surface area contributed by atoms with E-state index in [1.54, 1.807) is 41.3 Å². The zero-order valence-corrected chi connectivity index (χ0v) is 15.0. The Hall–Kier alpha value is -3.42. The SMILES string of the molecule is O=C(OCCN1C(=O)c2ccccc2C1=O)[C@@H]1CC(=O)N(Cc2ccco2)C1. The molecule has 1 aromatic carbocycles. The molecule has 0 radical (unpaired) electrons. The van der Waals surface area contributed by atoms with Crippen molar-refractivity contribution in [3.63, 3.8) is 0 Å². The first-order chi connectivity index (χ1) is 13.5. The Labute approximate surface area is 160 Å². The smallest absolute Gasteiger partial charge is 0.311 e. The fraction of sp³-hybridized carbons (Fsp3) is 0.300. The van der Waals surface area contributed by atoms with E-state index in [9.17, 15) is 19.2 Å². The molecule has 28 heavy (non-hydrogen) atoms. The van der Waals surface area contributed by atoms with E-state index >= 15 is 0 Å². The van der Waals surface area contributed by atoms with Crippen molar-refractivity contribution in [2.45, 2.75) is 13.0 Å². The number of rotatable bonds is 6. The average molecular weight is 382 g/mol.